The number of hydrogen-bond donors (Lipinski definition) is 0. The number of hydrogen-bond acceptors (Lipinski definition) is 4. The van der Waals surface area contributed by atoms with Gasteiger partial charge in [0.05, 0.1) is 26.6 Å². The first kappa shape index (κ1) is 17.7. The third kappa shape index (κ3) is 3.62. The van der Waals surface area contributed by atoms with Crippen molar-refractivity contribution >= 4 is 40.5 Å². The van der Waals surface area contributed by atoms with Crippen molar-refractivity contribution in [2.45, 2.75) is 0 Å². The number of nitro benzene ring substituents is 1. The minimum absolute atomic E-state index is 0.0399. The molecule has 0 unspecified atom stereocenters. The van der Waals surface area contributed by atoms with Crippen LogP contribution in [0.1, 0.15) is 11.3 Å². The number of nitro groups is 1. The zero-order valence-electron chi connectivity index (χ0n) is 13.1. The van der Waals surface area contributed by atoms with Crippen molar-refractivity contribution in [1.82, 2.24) is 0 Å². The molecular weight excluding hydrogens is 375 g/mol. The Labute approximate surface area is 158 Å². The number of nitrogens with zero attached hydrogens (tertiary/aromatic N) is 2. The second kappa shape index (κ2) is 7.44. The van der Waals surface area contributed by atoms with E-state index in [-0.39, 0.29) is 5.69 Å². The van der Waals surface area contributed by atoms with Gasteiger partial charge in [-0.1, -0.05) is 29.3 Å². The summed E-state index contributed by atoms with van der Waals surface area (Å²) in [4.78, 5) is 10.2. The van der Waals surface area contributed by atoms with Gasteiger partial charge in [0.1, 0.15) is 11.5 Å². The molecule has 0 saturated heterocycles. The monoisotopic (exact) mass is 384 g/mol. The largest absolute Gasteiger partial charge is 0.457 e. The van der Waals surface area contributed by atoms with Crippen LogP contribution < -0.4 is 0 Å². The first-order chi connectivity index (χ1) is 12.5. The molecule has 128 valence electrons. The number of furan rings is 1. The number of halogens is 2. The predicted molar refractivity (Wildman–Crippen MR) is 101 cm³/mol. The molecule has 3 rings (SSSR count). The molecule has 0 N–H and O–H groups in total. The lowest BCUT2D eigenvalue weighted by Gasteiger charge is -2.02. The normalized spacial score (nSPS) is 11.2. The summed E-state index contributed by atoms with van der Waals surface area (Å²) in [7, 11) is 0. The van der Waals surface area contributed by atoms with E-state index in [1.807, 2.05) is 0 Å². The van der Waals surface area contributed by atoms with Crippen LogP contribution in [0.25, 0.3) is 23.0 Å². The lowest BCUT2D eigenvalue weighted by Crippen LogP contribution is -1.88. The van der Waals surface area contributed by atoms with E-state index < -0.39 is 4.92 Å². The molecule has 3 aromatic rings. The van der Waals surface area contributed by atoms with Crippen LogP contribution in [0, 0.1) is 21.4 Å². The van der Waals surface area contributed by atoms with Crippen LogP contribution in [-0.2, 0) is 0 Å². The highest BCUT2D eigenvalue weighted by Gasteiger charge is 2.12. The standard InChI is InChI=1S/C19H10Cl2N2O3/c20-17-3-1-2-16(19(17)21)18-9-8-15(26-18)10-13(11-22)12-4-6-14(7-5-12)23(24)25/h1-10H/b13-10+. The molecule has 2 aromatic carbocycles. The maximum absolute atomic E-state index is 10.7. The van der Waals surface area contributed by atoms with Crippen LogP contribution in [0.4, 0.5) is 5.69 Å². The maximum Gasteiger partial charge on any atom is 0.269 e. The Balaban J connectivity index is 1.94. The SMILES string of the molecule is N#C/C(=C\c1ccc(-c2cccc(Cl)c2Cl)o1)c1ccc([N+](=O)[O-])cc1. The highest BCUT2D eigenvalue weighted by atomic mass is 35.5. The summed E-state index contributed by atoms with van der Waals surface area (Å²) in [6.07, 6.45) is 1.56. The maximum atomic E-state index is 10.7. The van der Waals surface area contributed by atoms with Crippen LogP contribution in [0.5, 0.6) is 0 Å². The van der Waals surface area contributed by atoms with E-state index in [0.717, 1.165) is 0 Å². The average molecular weight is 385 g/mol. The molecule has 1 aromatic heterocycles. The third-order valence-corrected chi connectivity index (χ3v) is 4.46. The number of non-ortho nitro benzene ring substituents is 1. The van der Waals surface area contributed by atoms with Gasteiger partial charge in [0.25, 0.3) is 5.69 Å². The Kier molecular flexibility index (Phi) is 5.08. The molecule has 0 aliphatic rings. The molecule has 0 amide bonds. The Morgan fingerprint density at radius 2 is 1.85 bits per heavy atom. The minimum Gasteiger partial charge on any atom is -0.457 e. The molecule has 0 aliphatic heterocycles. The van der Waals surface area contributed by atoms with E-state index in [0.29, 0.717) is 38.3 Å². The molecule has 7 heteroatoms. The second-order valence-corrected chi connectivity index (χ2v) is 6.06. The smallest absolute Gasteiger partial charge is 0.269 e. The molecule has 0 aliphatic carbocycles. The molecule has 26 heavy (non-hydrogen) atoms. The van der Waals surface area contributed by atoms with Gasteiger partial charge in [-0.2, -0.15) is 5.26 Å². The van der Waals surface area contributed by atoms with E-state index in [9.17, 15) is 15.4 Å². The lowest BCUT2D eigenvalue weighted by molar-refractivity contribution is -0.384. The highest BCUT2D eigenvalue weighted by molar-refractivity contribution is 6.43. The molecular formula is C19H10Cl2N2O3. The quantitative estimate of drug-likeness (QED) is 0.303. The first-order valence-electron chi connectivity index (χ1n) is 7.40. The Bertz CT molecular complexity index is 1050. The van der Waals surface area contributed by atoms with E-state index >= 15 is 0 Å². The van der Waals surface area contributed by atoms with E-state index in [4.69, 9.17) is 27.6 Å². The van der Waals surface area contributed by atoms with Crippen molar-refractivity contribution < 1.29 is 9.34 Å². The minimum atomic E-state index is -0.493. The number of allylic oxidation sites excluding steroid dienone is 1. The van der Waals surface area contributed by atoms with Gasteiger partial charge < -0.3 is 4.42 Å². The molecule has 0 bridgehead atoms. The van der Waals surface area contributed by atoms with Crippen LogP contribution >= 0.6 is 23.2 Å². The summed E-state index contributed by atoms with van der Waals surface area (Å²) in [5, 5.41) is 20.9. The predicted octanol–water partition coefficient (Wildman–Crippen LogP) is 6.23. The summed E-state index contributed by atoms with van der Waals surface area (Å²) >= 11 is 12.2. The second-order valence-electron chi connectivity index (χ2n) is 5.28. The van der Waals surface area contributed by atoms with Gasteiger partial charge in [-0.3, -0.25) is 10.1 Å². The molecule has 1 heterocycles. The van der Waals surface area contributed by atoms with Gasteiger partial charge >= 0.3 is 0 Å². The molecule has 0 atom stereocenters. The van der Waals surface area contributed by atoms with E-state index in [1.165, 1.54) is 24.3 Å². The van der Waals surface area contributed by atoms with Crippen LogP contribution in [0.15, 0.2) is 59.0 Å². The highest BCUT2D eigenvalue weighted by Crippen LogP contribution is 2.35. The Hall–Kier alpha value is -3.07. The average Bonchev–Trinajstić information content (AvgIpc) is 3.10. The van der Waals surface area contributed by atoms with Gasteiger partial charge in [-0.25, -0.2) is 0 Å². The summed E-state index contributed by atoms with van der Waals surface area (Å²) in [5.74, 6) is 0.968. The van der Waals surface area contributed by atoms with Crippen LogP contribution in [0.2, 0.25) is 10.0 Å². The number of rotatable bonds is 4. The van der Waals surface area contributed by atoms with Crippen molar-refractivity contribution in [3.05, 3.63) is 86.1 Å². The molecule has 0 saturated carbocycles. The fourth-order valence-electron chi connectivity index (χ4n) is 2.35. The molecule has 0 radical (unpaired) electrons. The summed E-state index contributed by atoms with van der Waals surface area (Å²) in [6, 6.07) is 16.5. The Morgan fingerprint density at radius 1 is 1.12 bits per heavy atom. The van der Waals surface area contributed by atoms with Crippen LogP contribution in [-0.4, -0.2) is 4.92 Å². The molecule has 0 fully saturated rings. The topological polar surface area (TPSA) is 80.1 Å². The van der Waals surface area contributed by atoms with Gasteiger partial charge in [0.15, 0.2) is 0 Å². The fourth-order valence-corrected chi connectivity index (χ4v) is 2.75. The third-order valence-electron chi connectivity index (χ3n) is 3.64. The van der Waals surface area contributed by atoms with E-state index in [1.54, 1.807) is 36.4 Å². The molecule has 0 spiro atoms. The van der Waals surface area contributed by atoms with Crippen molar-refractivity contribution in [2.75, 3.05) is 0 Å². The molecule has 5 nitrogen and oxygen atoms in total. The number of nitriles is 1. The van der Waals surface area contributed by atoms with Gasteiger partial charge in [-0.15, -0.1) is 0 Å². The summed E-state index contributed by atoms with van der Waals surface area (Å²) < 4.78 is 5.74. The zero-order valence-corrected chi connectivity index (χ0v) is 14.7. The van der Waals surface area contributed by atoms with E-state index in [2.05, 4.69) is 6.07 Å². The van der Waals surface area contributed by atoms with Gasteiger partial charge in [-0.05, 0) is 48.0 Å². The zero-order chi connectivity index (χ0) is 18.7. The van der Waals surface area contributed by atoms with Crippen LogP contribution in [0.3, 0.4) is 0 Å². The van der Waals surface area contributed by atoms with Crippen molar-refractivity contribution in [3.63, 3.8) is 0 Å². The van der Waals surface area contributed by atoms with Gasteiger partial charge in [0, 0.05) is 17.7 Å². The summed E-state index contributed by atoms with van der Waals surface area (Å²) in [6.45, 7) is 0. The fraction of sp³-hybridized carbons (Fsp3) is 0. The summed E-state index contributed by atoms with van der Waals surface area (Å²) in [5.41, 5.74) is 1.48. The first-order valence-corrected chi connectivity index (χ1v) is 8.16. The lowest BCUT2D eigenvalue weighted by atomic mass is 10.1. The van der Waals surface area contributed by atoms with Crippen molar-refractivity contribution in [2.24, 2.45) is 0 Å². The Morgan fingerprint density at radius 3 is 2.50 bits per heavy atom. The van der Waals surface area contributed by atoms with Crippen molar-refractivity contribution in [1.29, 1.82) is 5.26 Å². The number of benzene rings is 2. The van der Waals surface area contributed by atoms with Gasteiger partial charge in [0.2, 0.25) is 0 Å². The van der Waals surface area contributed by atoms with Crippen molar-refractivity contribution in [3.8, 4) is 17.4 Å².